The molecule has 0 bridgehead atoms. The van der Waals surface area contributed by atoms with Crippen molar-refractivity contribution in [2.24, 2.45) is 0 Å². The maximum atomic E-state index is 13.1. The summed E-state index contributed by atoms with van der Waals surface area (Å²) in [5.74, 6) is 0.709. The average molecular weight is 530 g/mol. The molecule has 1 N–H and O–H groups in total. The Bertz CT molecular complexity index is 1300. The van der Waals surface area contributed by atoms with Crippen molar-refractivity contribution in [2.75, 3.05) is 22.7 Å². The van der Waals surface area contributed by atoms with E-state index < -0.39 is 38.4 Å². The molecule has 0 unspecified atom stereocenters. The van der Waals surface area contributed by atoms with E-state index in [2.05, 4.69) is 15.1 Å². The minimum atomic E-state index is -5.18. The lowest BCUT2D eigenvalue weighted by Crippen LogP contribution is -2.30. The minimum absolute atomic E-state index is 0.0691. The number of benzene rings is 2. The second kappa shape index (κ2) is 9.60. The topological polar surface area (TPSA) is 75.2 Å². The van der Waals surface area contributed by atoms with Crippen LogP contribution in [0.15, 0.2) is 59.5 Å². The summed E-state index contributed by atoms with van der Waals surface area (Å²) in [6.07, 6.45) is -7.08. The molecule has 2 aromatic carbocycles. The zero-order valence-corrected chi connectivity index (χ0v) is 19.4. The van der Waals surface area contributed by atoms with E-state index in [-0.39, 0.29) is 23.9 Å². The predicted octanol–water partition coefficient (Wildman–Crippen LogP) is 5.97. The minimum Gasteiger partial charge on any atom is -0.355 e. The van der Waals surface area contributed by atoms with Gasteiger partial charge in [-0.25, -0.2) is 8.42 Å². The van der Waals surface area contributed by atoms with Crippen molar-refractivity contribution in [3.05, 3.63) is 65.7 Å². The van der Waals surface area contributed by atoms with Gasteiger partial charge in [-0.3, -0.25) is 4.72 Å². The van der Waals surface area contributed by atoms with Gasteiger partial charge in [0.25, 0.3) is 10.0 Å². The van der Waals surface area contributed by atoms with Gasteiger partial charge in [0.15, 0.2) is 5.82 Å². The number of aromatic nitrogens is 2. The van der Waals surface area contributed by atoms with Crippen molar-refractivity contribution < 1.29 is 34.8 Å². The molecule has 13 heteroatoms. The number of rotatable bonds is 5. The summed E-state index contributed by atoms with van der Waals surface area (Å²) in [7, 11) is -4.79. The molecular formula is C23H20F6N4O2S. The van der Waals surface area contributed by atoms with Crippen molar-refractivity contribution >= 4 is 21.5 Å². The molecule has 0 atom stereocenters. The van der Waals surface area contributed by atoms with Crippen LogP contribution in [-0.2, 0) is 22.4 Å². The van der Waals surface area contributed by atoms with Crippen LogP contribution in [-0.4, -0.2) is 31.7 Å². The Morgan fingerprint density at radius 3 is 1.97 bits per heavy atom. The Kier molecular flexibility index (Phi) is 6.86. The maximum Gasteiger partial charge on any atom is 0.416 e. The molecule has 1 fully saturated rings. The third-order valence-electron chi connectivity index (χ3n) is 5.61. The summed E-state index contributed by atoms with van der Waals surface area (Å²) < 4.78 is 106. The molecule has 1 saturated heterocycles. The van der Waals surface area contributed by atoms with E-state index in [1.807, 2.05) is 4.72 Å². The van der Waals surface area contributed by atoms with Gasteiger partial charge >= 0.3 is 12.4 Å². The summed E-state index contributed by atoms with van der Waals surface area (Å²) in [5.41, 5.74) is -2.66. The zero-order valence-electron chi connectivity index (χ0n) is 18.6. The summed E-state index contributed by atoms with van der Waals surface area (Å²) in [4.78, 5) is 0.940. The van der Waals surface area contributed by atoms with Crippen LogP contribution in [0.25, 0.3) is 11.3 Å². The summed E-state index contributed by atoms with van der Waals surface area (Å²) in [5, 5.41) is 8.40. The third kappa shape index (κ3) is 5.89. The highest BCUT2D eigenvalue weighted by molar-refractivity contribution is 7.92. The summed E-state index contributed by atoms with van der Waals surface area (Å²) in [6.45, 7) is 1.74. The fourth-order valence-corrected chi connectivity index (χ4v) is 4.93. The fourth-order valence-electron chi connectivity index (χ4n) is 3.81. The van der Waals surface area contributed by atoms with Gasteiger partial charge in [-0.1, -0.05) is 12.1 Å². The van der Waals surface area contributed by atoms with E-state index in [4.69, 9.17) is 0 Å². The Morgan fingerprint density at radius 2 is 1.42 bits per heavy atom. The Hall–Kier alpha value is -3.35. The molecule has 1 aromatic heterocycles. The lowest BCUT2D eigenvalue weighted by Gasteiger charge is -2.27. The van der Waals surface area contributed by atoms with E-state index in [0.29, 0.717) is 17.1 Å². The Labute approximate surface area is 203 Å². The van der Waals surface area contributed by atoms with Crippen molar-refractivity contribution in [3.8, 4) is 11.3 Å². The van der Waals surface area contributed by atoms with Crippen LogP contribution in [0.1, 0.15) is 30.4 Å². The van der Waals surface area contributed by atoms with Gasteiger partial charge in [0.05, 0.1) is 21.7 Å². The average Bonchev–Trinajstić information content (AvgIpc) is 2.83. The number of anilines is 2. The van der Waals surface area contributed by atoms with E-state index in [0.717, 1.165) is 32.4 Å². The van der Waals surface area contributed by atoms with E-state index >= 15 is 0 Å². The van der Waals surface area contributed by atoms with Crippen molar-refractivity contribution in [3.63, 3.8) is 0 Å². The van der Waals surface area contributed by atoms with Crippen LogP contribution in [0.3, 0.4) is 0 Å². The molecule has 0 amide bonds. The molecule has 192 valence electrons. The number of piperidine rings is 1. The normalized spacial score (nSPS) is 15.1. The highest BCUT2D eigenvalue weighted by atomic mass is 32.2. The number of nitrogens with zero attached hydrogens (tertiary/aromatic N) is 3. The van der Waals surface area contributed by atoms with Crippen molar-refractivity contribution in [2.45, 2.75) is 36.5 Å². The number of alkyl halides is 6. The van der Waals surface area contributed by atoms with E-state index in [9.17, 15) is 34.8 Å². The van der Waals surface area contributed by atoms with Gasteiger partial charge in [0, 0.05) is 24.3 Å². The molecule has 4 rings (SSSR count). The molecule has 0 radical (unpaired) electrons. The van der Waals surface area contributed by atoms with Gasteiger partial charge in [-0.05, 0) is 61.7 Å². The third-order valence-corrected chi connectivity index (χ3v) is 6.97. The number of sulfonamides is 1. The van der Waals surface area contributed by atoms with Gasteiger partial charge in [0.1, 0.15) is 0 Å². The van der Waals surface area contributed by atoms with Crippen LogP contribution < -0.4 is 9.62 Å². The van der Waals surface area contributed by atoms with Gasteiger partial charge in [0.2, 0.25) is 0 Å². The molecule has 2 heterocycles. The lowest BCUT2D eigenvalue weighted by atomic mass is 10.1. The first-order valence-electron chi connectivity index (χ1n) is 10.8. The Balaban J connectivity index is 1.61. The smallest absolute Gasteiger partial charge is 0.355 e. The van der Waals surface area contributed by atoms with Crippen molar-refractivity contribution in [1.29, 1.82) is 0 Å². The van der Waals surface area contributed by atoms with E-state index in [1.165, 1.54) is 18.2 Å². The highest BCUT2D eigenvalue weighted by Gasteiger charge is 2.38. The molecular weight excluding hydrogens is 510 g/mol. The molecule has 0 aliphatic carbocycles. The largest absolute Gasteiger partial charge is 0.416 e. The second-order valence-electron chi connectivity index (χ2n) is 8.25. The Morgan fingerprint density at radius 1 is 0.778 bits per heavy atom. The van der Waals surface area contributed by atoms with E-state index in [1.54, 1.807) is 18.2 Å². The van der Waals surface area contributed by atoms with Crippen LogP contribution in [0.4, 0.5) is 37.8 Å². The van der Waals surface area contributed by atoms with Gasteiger partial charge in [-0.2, -0.15) is 26.3 Å². The molecule has 1 aliphatic heterocycles. The number of hydrogen-bond donors (Lipinski definition) is 1. The SMILES string of the molecule is O=S(=O)(Nc1cccc(-c2ccc(N3CCCCC3)nn2)c1)c1cc(C(F)(F)F)cc(C(F)(F)F)c1. The quantitative estimate of drug-likeness (QED) is 0.412. The van der Waals surface area contributed by atoms with Crippen molar-refractivity contribution in [1.82, 2.24) is 10.2 Å². The first kappa shape index (κ1) is 25.7. The monoisotopic (exact) mass is 530 g/mol. The van der Waals surface area contributed by atoms with Crippen LogP contribution in [0.2, 0.25) is 0 Å². The van der Waals surface area contributed by atoms with Crippen LogP contribution in [0.5, 0.6) is 0 Å². The fraction of sp³-hybridized carbons (Fsp3) is 0.304. The first-order valence-corrected chi connectivity index (χ1v) is 12.3. The molecule has 0 spiro atoms. The standard InChI is InChI=1S/C23H20F6N4O2S/c24-22(25,26)16-12-17(23(27,28)29)14-19(13-16)36(34,35)32-18-6-4-5-15(11-18)20-7-8-21(31-30-20)33-9-2-1-3-10-33/h4-8,11-14,32H,1-3,9-10H2. The maximum absolute atomic E-state index is 13.1. The first-order chi connectivity index (χ1) is 16.8. The second-order valence-corrected chi connectivity index (χ2v) is 9.93. The highest BCUT2D eigenvalue weighted by Crippen LogP contribution is 2.37. The molecule has 6 nitrogen and oxygen atoms in total. The van der Waals surface area contributed by atoms with Crippen LogP contribution >= 0.6 is 0 Å². The summed E-state index contributed by atoms with van der Waals surface area (Å²) in [6, 6.07) is 9.44. The molecule has 1 aliphatic rings. The molecule has 36 heavy (non-hydrogen) atoms. The predicted molar refractivity (Wildman–Crippen MR) is 121 cm³/mol. The van der Waals surface area contributed by atoms with Gasteiger partial charge in [-0.15, -0.1) is 10.2 Å². The van der Waals surface area contributed by atoms with Crippen LogP contribution in [0, 0.1) is 0 Å². The summed E-state index contributed by atoms with van der Waals surface area (Å²) >= 11 is 0. The molecule has 3 aromatic rings. The number of nitrogens with one attached hydrogen (secondary N) is 1. The van der Waals surface area contributed by atoms with Gasteiger partial charge < -0.3 is 4.90 Å². The zero-order chi connectivity index (χ0) is 26.1. The number of halogens is 6. The number of hydrogen-bond acceptors (Lipinski definition) is 5. The molecule has 0 saturated carbocycles. The lowest BCUT2D eigenvalue weighted by molar-refractivity contribution is -0.143.